The molecular weight excluding hydrogens is 354 g/mol. The largest absolute Gasteiger partial charge is 0.348 e. The fourth-order valence-electron chi connectivity index (χ4n) is 4.99. The predicted octanol–water partition coefficient (Wildman–Crippen LogP) is 3.07. The van der Waals surface area contributed by atoms with Gasteiger partial charge in [-0.05, 0) is 48.6 Å². The number of rotatable bonds is 3. The van der Waals surface area contributed by atoms with Crippen molar-refractivity contribution in [2.75, 3.05) is 6.54 Å². The number of amides is 4. The molecular formula is C22H29N3O3. The first-order chi connectivity index (χ1) is 13.3. The van der Waals surface area contributed by atoms with E-state index in [2.05, 4.69) is 36.6 Å². The summed E-state index contributed by atoms with van der Waals surface area (Å²) in [6, 6.07) is 7.67. The van der Waals surface area contributed by atoms with Gasteiger partial charge in [-0.15, -0.1) is 0 Å². The molecule has 1 aromatic carbocycles. The van der Waals surface area contributed by atoms with Gasteiger partial charge in [-0.1, -0.05) is 51.0 Å². The van der Waals surface area contributed by atoms with Crippen LogP contribution in [0.5, 0.6) is 0 Å². The Kier molecular flexibility index (Phi) is 4.68. The maximum Gasteiger partial charge on any atom is 0.325 e. The zero-order chi connectivity index (χ0) is 19.9. The highest BCUT2D eigenvalue weighted by Gasteiger charge is 2.52. The minimum absolute atomic E-state index is 0.103. The second kappa shape index (κ2) is 6.90. The van der Waals surface area contributed by atoms with E-state index in [1.807, 2.05) is 12.1 Å². The topological polar surface area (TPSA) is 78.5 Å². The second-order valence-corrected chi connectivity index (χ2v) is 9.30. The molecule has 1 aromatic rings. The zero-order valence-corrected chi connectivity index (χ0v) is 16.7. The normalized spacial score (nSPS) is 25.4. The molecule has 1 atom stereocenters. The van der Waals surface area contributed by atoms with Crippen LogP contribution in [0.3, 0.4) is 0 Å². The van der Waals surface area contributed by atoms with E-state index in [4.69, 9.17) is 0 Å². The molecule has 3 aliphatic rings. The van der Waals surface area contributed by atoms with Gasteiger partial charge >= 0.3 is 6.03 Å². The molecule has 1 spiro atoms. The van der Waals surface area contributed by atoms with Gasteiger partial charge in [0, 0.05) is 0 Å². The van der Waals surface area contributed by atoms with Gasteiger partial charge in [-0.2, -0.15) is 0 Å². The molecule has 0 unspecified atom stereocenters. The van der Waals surface area contributed by atoms with Gasteiger partial charge in [-0.3, -0.25) is 14.5 Å². The lowest BCUT2D eigenvalue weighted by molar-refractivity contribution is -0.135. The number of nitrogens with one attached hydrogen (secondary N) is 2. The highest BCUT2D eigenvalue weighted by atomic mass is 16.2. The van der Waals surface area contributed by atoms with E-state index in [1.165, 1.54) is 5.56 Å². The number of urea groups is 1. The molecule has 1 saturated carbocycles. The van der Waals surface area contributed by atoms with Gasteiger partial charge in [0.15, 0.2) is 0 Å². The van der Waals surface area contributed by atoms with Crippen molar-refractivity contribution in [1.82, 2.24) is 15.5 Å². The Morgan fingerprint density at radius 3 is 2.64 bits per heavy atom. The average Bonchev–Trinajstić information content (AvgIpc) is 3.17. The molecule has 1 aliphatic heterocycles. The molecule has 0 radical (unpaired) electrons. The van der Waals surface area contributed by atoms with Crippen LogP contribution in [0.1, 0.15) is 69.5 Å². The summed E-state index contributed by atoms with van der Waals surface area (Å²) in [6.45, 7) is 4.23. The summed E-state index contributed by atoms with van der Waals surface area (Å²) >= 11 is 0. The van der Waals surface area contributed by atoms with E-state index in [0.29, 0.717) is 12.8 Å². The quantitative estimate of drug-likeness (QED) is 0.622. The third kappa shape index (κ3) is 3.40. The zero-order valence-electron chi connectivity index (χ0n) is 16.7. The molecule has 2 aliphatic carbocycles. The molecule has 2 fully saturated rings. The minimum atomic E-state index is -0.770. The summed E-state index contributed by atoms with van der Waals surface area (Å²) in [7, 11) is 0. The molecule has 6 nitrogen and oxygen atoms in total. The fourth-order valence-corrected chi connectivity index (χ4v) is 4.99. The van der Waals surface area contributed by atoms with Crippen molar-refractivity contribution >= 4 is 17.8 Å². The SMILES string of the molecule is CC1(C)CCc2ccccc2[C@@H](NC(=O)CN2C(=O)NC3(CCCC3)C2=O)C1. The summed E-state index contributed by atoms with van der Waals surface area (Å²) in [5.41, 5.74) is 1.74. The van der Waals surface area contributed by atoms with Crippen molar-refractivity contribution in [1.29, 1.82) is 0 Å². The number of hydrogen-bond acceptors (Lipinski definition) is 3. The molecule has 1 heterocycles. The van der Waals surface area contributed by atoms with Gasteiger partial charge in [0.25, 0.3) is 5.91 Å². The summed E-state index contributed by atoms with van der Waals surface area (Å²) < 4.78 is 0. The lowest BCUT2D eigenvalue weighted by Crippen LogP contribution is -2.45. The van der Waals surface area contributed by atoms with E-state index < -0.39 is 11.6 Å². The summed E-state index contributed by atoms with van der Waals surface area (Å²) in [5, 5.41) is 5.94. The molecule has 150 valence electrons. The number of aryl methyl sites for hydroxylation is 1. The summed E-state index contributed by atoms with van der Waals surface area (Å²) in [5.74, 6) is -0.525. The predicted molar refractivity (Wildman–Crippen MR) is 105 cm³/mol. The highest BCUT2D eigenvalue weighted by molar-refractivity contribution is 6.09. The maximum atomic E-state index is 12.8. The lowest BCUT2D eigenvalue weighted by atomic mass is 9.83. The summed E-state index contributed by atoms with van der Waals surface area (Å²) in [4.78, 5) is 39.0. The van der Waals surface area contributed by atoms with Crippen molar-refractivity contribution in [2.24, 2.45) is 5.41 Å². The van der Waals surface area contributed by atoms with Crippen LogP contribution in [-0.2, 0) is 16.0 Å². The molecule has 6 heteroatoms. The Balaban J connectivity index is 1.49. The molecule has 0 aromatic heterocycles. The van der Waals surface area contributed by atoms with Crippen molar-refractivity contribution in [3.8, 4) is 0 Å². The van der Waals surface area contributed by atoms with E-state index >= 15 is 0 Å². The number of imide groups is 1. The van der Waals surface area contributed by atoms with E-state index in [1.54, 1.807) is 0 Å². The number of nitrogens with zero attached hydrogens (tertiary/aromatic N) is 1. The number of benzene rings is 1. The van der Waals surface area contributed by atoms with Crippen LogP contribution >= 0.6 is 0 Å². The van der Waals surface area contributed by atoms with Crippen molar-refractivity contribution in [2.45, 2.75) is 70.4 Å². The van der Waals surface area contributed by atoms with Gasteiger partial charge in [-0.25, -0.2) is 4.79 Å². The number of carbonyl (C=O) groups excluding carboxylic acids is 3. The maximum absolute atomic E-state index is 12.8. The highest BCUT2D eigenvalue weighted by Crippen LogP contribution is 2.39. The molecule has 4 amide bonds. The molecule has 0 bridgehead atoms. The molecule has 1 saturated heterocycles. The first kappa shape index (κ1) is 19.0. The van der Waals surface area contributed by atoms with Crippen LogP contribution in [0.2, 0.25) is 0 Å². The first-order valence-corrected chi connectivity index (χ1v) is 10.3. The van der Waals surface area contributed by atoms with E-state index in [0.717, 1.165) is 42.6 Å². The number of fused-ring (bicyclic) bond motifs is 1. The third-order valence-corrected chi connectivity index (χ3v) is 6.60. The van der Waals surface area contributed by atoms with Crippen molar-refractivity contribution < 1.29 is 14.4 Å². The van der Waals surface area contributed by atoms with Gasteiger partial charge < -0.3 is 10.6 Å². The molecule has 2 N–H and O–H groups in total. The Hall–Kier alpha value is -2.37. The van der Waals surface area contributed by atoms with E-state index in [-0.39, 0.29) is 29.8 Å². The van der Waals surface area contributed by atoms with Gasteiger partial charge in [0.2, 0.25) is 5.91 Å². The minimum Gasteiger partial charge on any atom is -0.348 e. The smallest absolute Gasteiger partial charge is 0.325 e. The van der Waals surface area contributed by atoms with Gasteiger partial charge in [0.1, 0.15) is 12.1 Å². The Morgan fingerprint density at radius 1 is 1.18 bits per heavy atom. The average molecular weight is 383 g/mol. The molecule has 4 rings (SSSR count). The Morgan fingerprint density at radius 2 is 1.89 bits per heavy atom. The van der Waals surface area contributed by atoms with Crippen LogP contribution in [0.15, 0.2) is 24.3 Å². The summed E-state index contributed by atoms with van der Waals surface area (Å²) in [6.07, 6.45) is 6.08. The van der Waals surface area contributed by atoms with Crippen LogP contribution in [-0.4, -0.2) is 34.8 Å². The van der Waals surface area contributed by atoms with Gasteiger partial charge in [0.05, 0.1) is 6.04 Å². The standard InChI is InChI=1S/C22H29N3O3/c1-21(2)12-9-15-7-3-4-8-16(15)17(13-21)23-18(26)14-25-19(27)22(24-20(25)28)10-5-6-11-22/h3-4,7-8,17H,5-6,9-14H2,1-2H3,(H,23,26)(H,24,28)/t17-/m0/s1. The Labute approximate surface area is 166 Å². The molecule has 28 heavy (non-hydrogen) atoms. The fraction of sp³-hybridized carbons (Fsp3) is 0.591. The van der Waals surface area contributed by atoms with Crippen molar-refractivity contribution in [3.05, 3.63) is 35.4 Å². The monoisotopic (exact) mass is 383 g/mol. The van der Waals surface area contributed by atoms with E-state index in [9.17, 15) is 14.4 Å². The number of carbonyl (C=O) groups is 3. The van der Waals surface area contributed by atoms with Crippen molar-refractivity contribution in [3.63, 3.8) is 0 Å². The Bertz CT molecular complexity index is 811. The first-order valence-electron chi connectivity index (χ1n) is 10.3. The third-order valence-electron chi connectivity index (χ3n) is 6.60. The second-order valence-electron chi connectivity index (χ2n) is 9.30. The number of hydrogen-bond donors (Lipinski definition) is 2. The van der Waals surface area contributed by atoms with Crippen LogP contribution in [0.4, 0.5) is 4.79 Å². The van der Waals surface area contributed by atoms with Crippen LogP contribution in [0, 0.1) is 5.41 Å². The van der Waals surface area contributed by atoms with Crippen LogP contribution in [0.25, 0.3) is 0 Å². The lowest BCUT2D eigenvalue weighted by Gasteiger charge is -2.28. The van der Waals surface area contributed by atoms with Crippen LogP contribution < -0.4 is 10.6 Å².